The highest BCUT2D eigenvalue weighted by molar-refractivity contribution is 4.57. The Balaban J connectivity index is 3.09. The van der Waals surface area contributed by atoms with Gasteiger partial charge in [0.15, 0.2) is 0 Å². The van der Waals surface area contributed by atoms with Gasteiger partial charge in [-0.1, -0.05) is 104 Å². The molecule has 0 bridgehead atoms. The second-order valence-electron chi connectivity index (χ2n) is 6.46. The van der Waals surface area contributed by atoms with Crippen molar-refractivity contribution in [2.24, 2.45) is 5.92 Å². The van der Waals surface area contributed by atoms with Crippen molar-refractivity contribution in [1.29, 1.82) is 0 Å². The maximum Gasteiger partial charge on any atom is 0.0433 e. The number of hydrogen-bond donors (Lipinski definition) is 1. The average molecular weight is 285 g/mol. The van der Waals surface area contributed by atoms with Gasteiger partial charge in [-0.3, -0.25) is 0 Å². The van der Waals surface area contributed by atoms with E-state index < -0.39 is 0 Å². The standard InChI is InChI=1S/C19H40O/c1-3-5-6-7-8-9-10-11-12-13-14-15-16-19(4-2)17-18-20/h19-20H,3-18H2,1-2H3. The SMILES string of the molecule is CCCCCCCCCCCCCCC(CC)CCO. The van der Waals surface area contributed by atoms with E-state index in [-0.39, 0.29) is 0 Å². The molecular weight excluding hydrogens is 244 g/mol. The van der Waals surface area contributed by atoms with Crippen molar-refractivity contribution in [3.63, 3.8) is 0 Å². The van der Waals surface area contributed by atoms with Crippen molar-refractivity contribution >= 4 is 0 Å². The number of aliphatic hydroxyl groups is 1. The maximum atomic E-state index is 8.96. The predicted molar refractivity (Wildman–Crippen MR) is 91.2 cm³/mol. The Morgan fingerprint density at radius 1 is 0.600 bits per heavy atom. The van der Waals surface area contributed by atoms with E-state index in [1.807, 2.05) is 0 Å². The van der Waals surface area contributed by atoms with Crippen molar-refractivity contribution in [2.75, 3.05) is 6.61 Å². The smallest absolute Gasteiger partial charge is 0.0433 e. The molecule has 0 aliphatic rings. The highest BCUT2D eigenvalue weighted by Gasteiger charge is 2.04. The van der Waals surface area contributed by atoms with Crippen LogP contribution >= 0.6 is 0 Å². The zero-order chi connectivity index (χ0) is 14.9. The minimum Gasteiger partial charge on any atom is -0.396 e. The Labute approximate surface area is 128 Å². The molecule has 1 nitrogen and oxygen atoms in total. The van der Waals surface area contributed by atoms with E-state index in [1.54, 1.807) is 0 Å². The summed E-state index contributed by atoms with van der Waals surface area (Å²) in [6.07, 6.45) is 20.7. The normalized spacial score (nSPS) is 12.8. The van der Waals surface area contributed by atoms with Crippen LogP contribution in [0.2, 0.25) is 0 Å². The number of aliphatic hydroxyl groups excluding tert-OH is 1. The van der Waals surface area contributed by atoms with Gasteiger partial charge in [0.05, 0.1) is 0 Å². The summed E-state index contributed by atoms with van der Waals surface area (Å²) in [7, 11) is 0. The Kier molecular flexibility index (Phi) is 17.0. The largest absolute Gasteiger partial charge is 0.396 e. The van der Waals surface area contributed by atoms with E-state index >= 15 is 0 Å². The van der Waals surface area contributed by atoms with Crippen LogP contribution < -0.4 is 0 Å². The molecule has 0 aliphatic carbocycles. The van der Waals surface area contributed by atoms with Crippen LogP contribution in [0.4, 0.5) is 0 Å². The molecule has 1 heteroatoms. The molecule has 0 aromatic rings. The van der Waals surface area contributed by atoms with Gasteiger partial charge in [-0.15, -0.1) is 0 Å². The lowest BCUT2D eigenvalue weighted by molar-refractivity contribution is 0.246. The summed E-state index contributed by atoms with van der Waals surface area (Å²) in [4.78, 5) is 0. The molecule has 20 heavy (non-hydrogen) atoms. The van der Waals surface area contributed by atoms with E-state index in [0.717, 1.165) is 12.3 Å². The van der Waals surface area contributed by atoms with Crippen LogP contribution in [0.3, 0.4) is 0 Å². The van der Waals surface area contributed by atoms with Crippen LogP contribution in [0.25, 0.3) is 0 Å². The van der Waals surface area contributed by atoms with Crippen LogP contribution in [-0.2, 0) is 0 Å². The van der Waals surface area contributed by atoms with Crippen molar-refractivity contribution in [2.45, 2.75) is 110 Å². The summed E-state index contributed by atoms with van der Waals surface area (Å²) in [5.41, 5.74) is 0. The second-order valence-corrected chi connectivity index (χ2v) is 6.46. The van der Waals surface area contributed by atoms with Crippen LogP contribution in [0.5, 0.6) is 0 Å². The summed E-state index contributed by atoms with van der Waals surface area (Å²) in [6.45, 7) is 4.91. The van der Waals surface area contributed by atoms with Crippen LogP contribution in [0.1, 0.15) is 110 Å². The molecule has 1 N–H and O–H groups in total. The first kappa shape index (κ1) is 20.0. The molecule has 122 valence electrons. The van der Waals surface area contributed by atoms with E-state index in [0.29, 0.717) is 6.61 Å². The third-order valence-electron chi connectivity index (χ3n) is 4.58. The Hall–Kier alpha value is -0.0400. The molecule has 0 aliphatic heterocycles. The quantitative estimate of drug-likeness (QED) is 0.321. The third kappa shape index (κ3) is 14.4. The van der Waals surface area contributed by atoms with Crippen molar-refractivity contribution in [1.82, 2.24) is 0 Å². The molecule has 0 fully saturated rings. The van der Waals surface area contributed by atoms with Gasteiger partial charge in [0.25, 0.3) is 0 Å². The van der Waals surface area contributed by atoms with Gasteiger partial charge in [0.1, 0.15) is 0 Å². The molecule has 0 amide bonds. The zero-order valence-corrected chi connectivity index (χ0v) is 14.3. The molecule has 0 saturated carbocycles. The summed E-state index contributed by atoms with van der Waals surface area (Å²) in [5, 5.41) is 8.96. The van der Waals surface area contributed by atoms with Crippen LogP contribution in [-0.4, -0.2) is 11.7 Å². The highest BCUT2D eigenvalue weighted by atomic mass is 16.3. The van der Waals surface area contributed by atoms with E-state index in [1.165, 1.54) is 89.9 Å². The monoisotopic (exact) mass is 284 g/mol. The van der Waals surface area contributed by atoms with Crippen LogP contribution in [0.15, 0.2) is 0 Å². The van der Waals surface area contributed by atoms with Crippen LogP contribution in [0, 0.1) is 5.92 Å². The molecule has 1 atom stereocenters. The predicted octanol–water partition coefficient (Wildman–Crippen LogP) is 6.49. The summed E-state index contributed by atoms with van der Waals surface area (Å²) < 4.78 is 0. The van der Waals surface area contributed by atoms with E-state index in [4.69, 9.17) is 5.11 Å². The molecule has 0 aromatic heterocycles. The van der Waals surface area contributed by atoms with Crippen molar-refractivity contribution < 1.29 is 5.11 Å². The van der Waals surface area contributed by atoms with Crippen molar-refractivity contribution in [3.05, 3.63) is 0 Å². The average Bonchev–Trinajstić information content (AvgIpc) is 2.47. The van der Waals surface area contributed by atoms with Crippen molar-refractivity contribution in [3.8, 4) is 0 Å². The molecule has 0 rings (SSSR count). The van der Waals surface area contributed by atoms with Gasteiger partial charge in [0, 0.05) is 6.61 Å². The van der Waals surface area contributed by atoms with E-state index in [9.17, 15) is 0 Å². The fourth-order valence-corrected chi connectivity index (χ4v) is 3.01. The Morgan fingerprint density at radius 2 is 1.05 bits per heavy atom. The first-order valence-corrected chi connectivity index (χ1v) is 9.46. The van der Waals surface area contributed by atoms with Gasteiger partial charge >= 0.3 is 0 Å². The summed E-state index contributed by atoms with van der Waals surface area (Å²) >= 11 is 0. The Morgan fingerprint density at radius 3 is 1.45 bits per heavy atom. The number of unbranched alkanes of at least 4 members (excludes halogenated alkanes) is 11. The first-order chi connectivity index (χ1) is 9.85. The minimum absolute atomic E-state index is 0.372. The molecule has 1 unspecified atom stereocenters. The zero-order valence-electron chi connectivity index (χ0n) is 14.3. The third-order valence-corrected chi connectivity index (χ3v) is 4.58. The van der Waals surface area contributed by atoms with Gasteiger partial charge < -0.3 is 5.11 Å². The number of rotatable bonds is 16. The second kappa shape index (κ2) is 17.0. The minimum atomic E-state index is 0.372. The van der Waals surface area contributed by atoms with Gasteiger partial charge in [-0.05, 0) is 12.3 Å². The molecule has 0 saturated heterocycles. The fraction of sp³-hybridized carbons (Fsp3) is 1.00. The first-order valence-electron chi connectivity index (χ1n) is 9.46. The summed E-state index contributed by atoms with van der Waals surface area (Å²) in [6, 6.07) is 0. The lowest BCUT2D eigenvalue weighted by Gasteiger charge is -2.12. The molecule has 0 radical (unpaired) electrons. The molecule has 0 spiro atoms. The van der Waals surface area contributed by atoms with Gasteiger partial charge in [-0.2, -0.15) is 0 Å². The lowest BCUT2D eigenvalue weighted by Crippen LogP contribution is -2.01. The Bertz CT molecular complexity index is 167. The fourth-order valence-electron chi connectivity index (χ4n) is 3.01. The highest BCUT2D eigenvalue weighted by Crippen LogP contribution is 2.18. The van der Waals surface area contributed by atoms with Gasteiger partial charge in [-0.25, -0.2) is 0 Å². The summed E-state index contributed by atoms with van der Waals surface area (Å²) in [5.74, 6) is 0.767. The molecule has 0 aromatic carbocycles. The lowest BCUT2D eigenvalue weighted by atomic mass is 9.95. The maximum absolute atomic E-state index is 8.96. The number of hydrogen-bond acceptors (Lipinski definition) is 1. The van der Waals surface area contributed by atoms with Gasteiger partial charge in [0.2, 0.25) is 0 Å². The molecular formula is C19H40O. The van der Waals surface area contributed by atoms with E-state index in [2.05, 4.69) is 13.8 Å². The molecule has 0 heterocycles. The topological polar surface area (TPSA) is 20.2 Å².